The molecule has 0 aliphatic carbocycles. The molecule has 1 fully saturated rings. The summed E-state index contributed by atoms with van der Waals surface area (Å²) in [5, 5.41) is 15.4. The second-order valence-electron chi connectivity index (χ2n) is 4.05. The number of amides is 1. The van der Waals surface area contributed by atoms with Gasteiger partial charge in [0.15, 0.2) is 0 Å². The van der Waals surface area contributed by atoms with Crippen molar-refractivity contribution in [2.24, 2.45) is 11.8 Å². The summed E-state index contributed by atoms with van der Waals surface area (Å²) < 4.78 is 0. The zero-order valence-corrected chi connectivity index (χ0v) is 10.1. The molecular formula is C10H21ClN2O2. The third kappa shape index (κ3) is 4.36. The molecule has 5 heteroatoms. The van der Waals surface area contributed by atoms with Crippen LogP contribution in [-0.4, -0.2) is 36.8 Å². The van der Waals surface area contributed by atoms with Crippen molar-refractivity contribution in [2.45, 2.75) is 26.4 Å². The van der Waals surface area contributed by atoms with E-state index in [4.69, 9.17) is 0 Å². The summed E-state index contributed by atoms with van der Waals surface area (Å²) in [6, 6.07) is 0. The minimum atomic E-state index is -0.419. The second-order valence-corrected chi connectivity index (χ2v) is 4.05. The van der Waals surface area contributed by atoms with Crippen molar-refractivity contribution in [3.8, 4) is 0 Å². The maximum Gasteiger partial charge on any atom is 0.225 e. The second kappa shape index (κ2) is 7.04. The molecule has 1 aliphatic rings. The minimum Gasteiger partial charge on any atom is -0.391 e. The highest BCUT2D eigenvalue weighted by Crippen LogP contribution is 2.07. The van der Waals surface area contributed by atoms with Crippen molar-refractivity contribution < 1.29 is 9.90 Å². The Hall–Kier alpha value is -0.320. The quantitative estimate of drug-likeness (QED) is 0.637. The third-order valence-electron chi connectivity index (χ3n) is 2.94. The van der Waals surface area contributed by atoms with Gasteiger partial charge in [-0.25, -0.2) is 0 Å². The smallest absolute Gasteiger partial charge is 0.225 e. The highest BCUT2D eigenvalue weighted by Gasteiger charge is 2.25. The van der Waals surface area contributed by atoms with Crippen LogP contribution in [0.3, 0.4) is 0 Å². The molecule has 1 aliphatic heterocycles. The van der Waals surface area contributed by atoms with Crippen LogP contribution >= 0.6 is 12.4 Å². The highest BCUT2D eigenvalue weighted by atomic mass is 35.5. The first-order valence-corrected chi connectivity index (χ1v) is 5.31. The average molecular weight is 237 g/mol. The molecule has 0 aromatic rings. The largest absolute Gasteiger partial charge is 0.391 e. The summed E-state index contributed by atoms with van der Waals surface area (Å²) in [5.41, 5.74) is 0. The Morgan fingerprint density at radius 2 is 2.20 bits per heavy atom. The Morgan fingerprint density at radius 1 is 1.60 bits per heavy atom. The summed E-state index contributed by atoms with van der Waals surface area (Å²) in [5.74, 6) is 0.417. The number of aliphatic hydroxyl groups is 1. The molecule has 0 saturated carbocycles. The first kappa shape index (κ1) is 14.7. The minimum absolute atomic E-state index is 0. The summed E-state index contributed by atoms with van der Waals surface area (Å²) in [6.45, 7) is 5.94. The molecular weight excluding hydrogens is 216 g/mol. The molecule has 0 bridgehead atoms. The van der Waals surface area contributed by atoms with Crippen LogP contribution in [0.25, 0.3) is 0 Å². The van der Waals surface area contributed by atoms with Gasteiger partial charge in [-0.05, 0) is 5.92 Å². The fourth-order valence-electron chi connectivity index (χ4n) is 1.30. The fraction of sp³-hybridized carbons (Fsp3) is 0.900. The van der Waals surface area contributed by atoms with Gasteiger partial charge in [-0.2, -0.15) is 0 Å². The number of carbonyl (C=O) groups excluding carboxylic acids is 1. The van der Waals surface area contributed by atoms with E-state index in [-0.39, 0.29) is 30.2 Å². The van der Waals surface area contributed by atoms with E-state index in [2.05, 4.69) is 10.6 Å². The van der Waals surface area contributed by atoms with Gasteiger partial charge < -0.3 is 15.7 Å². The van der Waals surface area contributed by atoms with Crippen molar-refractivity contribution in [1.29, 1.82) is 0 Å². The van der Waals surface area contributed by atoms with Crippen molar-refractivity contribution in [2.75, 3.05) is 19.6 Å². The Morgan fingerprint density at radius 3 is 2.60 bits per heavy atom. The lowest BCUT2D eigenvalue weighted by Crippen LogP contribution is -2.52. The monoisotopic (exact) mass is 236 g/mol. The van der Waals surface area contributed by atoms with E-state index in [1.165, 1.54) is 0 Å². The predicted octanol–water partition coefficient (Wildman–Crippen LogP) is 0.151. The zero-order valence-electron chi connectivity index (χ0n) is 9.32. The first-order chi connectivity index (χ1) is 6.65. The topological polar surface area (TPSA) is 61.4 Å². The van der Waals surface area contributed by atoms with Crippen LogP contribution in [0.2, 0.25) is 0 Å². The number of aliphatic hydroxyl groups excluding tert-OH is 1. The van der Waals surface area contributed by atoms with Crippen LogP contribution in [-0.2, 0) is 4.79 Å². The summed E-state index contributed by atoms with van der Waals surface area (Å²) in [6.07, 6.45) is 0.513. The predicted molar refractivity (Wildman–Crippen MR) is 62.1 cm³/mol. The van der Waals surface area contributed by atoms with Gasteiger partial charge in [0.2, 0.25) is 5.91 Å². The van der Waals surface area contributed by atoms with Gasteiger partial charge in [0.1, 0.15) is 0 Å². The molecule has 3 N–H and O–H groups in total. The van der Waals surface area contributed by atoms with Crippen LogP contribution in [0.5, 0.6) is 0 Å². The van der Waals surface area contributed by atoms with Gasteiger partial charge in [-0.1, -0.05) is 20.3 Å². The van der Waals surface area contributed by atoms with Crippen LogP contribution < -0.4 is 10.6 Å². The molecule has 0 spiro atoms. The molecule has 4 nitrogen and oxygen atoms in total. The zero-order chi connectivity index (χ0) is 10.6. The Kier molecular flexibility index (Phi) is 6.89. The lowest BCUT2D eigenvalue weighted by atomic mass is 10.0. The van der Waals surface area contributed by atoms with E-state index in [9.17, 15) is 9.90 Å². The molecule has 1 heterocycles. The van der Waals surface area contributed by atoms with Gasteiger partial charge in [0, 0.05) is 19.6 Å². The van der Waals surface area contributed by atoms with Crippen LogP contribution in [0, 0.1) is 11.8 Å². The number of carbonyl (C=O) groups is 1. The van der Waals surface area contributed by atoms with Gasteiger partial charge in [-0.3, -0.25) is 4.79 Å². The van der Waals surface area contributed by atoms with E-state index in [0.29, 0.717) is 6.54 Å². The van der Waals surface area contributed by atoms with Crippen molar-refractivity contribution >= 4 is 18.3 Å². The lowest BCUT2D eigenvalue weighted by Gasteiger charge is -2.27. The van der Waals surface area contributed by atoms with Crippen molar-refractivity contribution in [3.05, 3.63) is 0 Å². The molecule has 0 radical (unpaired) electrons. The summed E-state index contributed by atoms with van der Waals surface area (Å²) in [4.78, 5) is 11.4. The first-order valence-electron chi connectivity index (χ1n) is 5.31. The Labute approximate surface area is 97.2 Å². The van der Waals surface area contributed by atoms with Gasteiger partial charge in [0.25, 0.3) is 0 Å². The maximum atomic E-state index is 11.4. The molecule has 0 aromatic heterocycles. The van der Waals surface area contributed by atoms with Crippen LogP contribution in [0.15, 0.2) is 0 Å². The molecule has 90 valence electrons. The Balaban J connectivity index is 0.00000196. The molecule has 0 aromatic carbocycles. The van der Waals surface area contributed by atoms with E-state index < -0.39 is 6.10 Å². The van der Waals surface area contributed by atoms with Crippen LogP contribution in [0.1, 0.15) is 20.3 Å². The third-order valence-corrected chi connectivity index (χ3v) is 2.94. The highest BCUT2D eigenvalue weighted by molar-refractivity contribution is 5.85. The van der Waals surface area contributed by atoms with Crippen molar-refractivity contribution in [1.82, 2.24) is 10.6 Å². The molecule has 15 heavy (non-hydrogen) atoms. The van der Waals surface area contributed by atoms with Gasteiger partial charge >= 0.3 is 0 Å². The van der Waals surface area contributed by atoms with Gasteiger partial charge in [-0.15, -0.1) is 12.4 Å². The van der Waals surface area contributed by atoms with E-state index in [1.807, 2.05) is 13.8 Å². The van der Waals surface area contributed by atoms with E-state index >= 15 is 0 Å². The SMILES string of the molecule is CCC(C)C(O)CNC(=O)C1CNC1.Cl. The standard InChI is InChI=1S/C10H20N2O2.ClH/c1-3-7(2)9(13)6-12-10(14)8-4-11-5-8;/h7-9,11,13H,3-6H2,1-2H3,(H,12,14);1H. The normalized spacial score (nSPS) is 19.7. The number of rotatable bonds is 5. The number of nitrogens with one attached hydrogen (secondary N) is 2. The molecule has 1 saturated heterocycles. The molecule has 2 atom stereocenters. The van der Waals surface area contributed by atoms with E-state index in [0.717, 1.165) is 19.5 Å². The molecule has 1 rings (SSSR count). The number of hydrogen-bond acceptors (Lipinski definition) is 3. The molecule has 1 amide bonds. The maximum absolute atomic E-state index is 11.4. The fourth-order valence-corrected chi connectivity index (χ4v) is 1.30. The summed E-state index contributed by atoms with van der Waals surface area (Å²) in [7, 11) is 0. The lowest BCUT2D eigenvalue weighted by molar-refractivity contribution is -0.127. The van der Waals surface area contributed by atoms with Crippen LogP contribution in [0.4, 0.5) is 0 Å². The number of hydrogen-bond donors (Lipinski definition) is 3. The summed E-state index contributed by atoms with van der Waals surface area (Å²) >= 11 is 0. The molecule has 2 unspecified atom stereocenters. The van der Waals surface area contributed by atoms with Crippen molar-refractivity contribution in [3.63, 3.8) is 0 Å². The average Bonchev–Trinajstić information content (AvgIpc) is 2.10. The van der Waals surface area contributed by atoms with E-state index in [1.54, 1.807) is 0 Å². The Bertz CT molecular complexity index is 198. The van der Waals surface area contributed by atoms with Gasteiger partial charge in [0.05, 0.1) is 12.0 Å². The number of halogens is 1.